The summed E-state index contributed by atoms with van der Waals surface area (Å²) in [5.41, 5.74) is 7.02. The van der Waals surface area contributed by atoms with E-state index in [-0.39, 0.29) is 5.91 Å². The molecular formula is C21H19Cl2N3O2. The van der Waals surface area contributed by atoms with Crippen LogP contribution in [0.3, 0.4) is 0 Å². The minimum atomic E-state index is -0.216. The van der Waals surface area contributed by atoms with Crippen molar-refractivity contribution in [3.8, 4) is 17.1 Å². The van der Waals surface area contributed by atoms with Crippen LogP contribution in [0.15, 0.2) is 36.5 Å². The molecule has 0 atom stereocenters. The highest BCUT2D eigenvalue weighted by atomic mass is 35.5. The van der Waals surface area contributed by atoms with Gasteiger partial charge in [-0.15, -0.1) is 0 Å². The summed E-state index contributed by atoms with van der Waals surface area (Å²) in [7, 11) is 0. The van der Waals surface area contributed by atoms with E-state index in [2.05, 4.69) is 10.4 Å². The fourth-order valence-corrected chi connectivity index (χ4v) is 3.83. The molecule has 4 rings (SSSR count). The van der Waals surface area contributed by atoms with Crippen molar-refractivity contribution < 1.29 is 9.53 Å². The number of aryl methyl sites for hydroxylation is 1. The van der Waals surface area contributed by atoms with Crippen LogP contribution in [0.4, 0.5) is 0 Å². The molecule has 0 spiro atoms. The molecule has 2 heterocycles. The molecule has 3 aromatic rings. The van der Waals surface area contributed by atoms with Gasteiger partial charge in [-0.05, 0) is 68.1 Å². The van der Waals surface area contributed by atoms with Crippen molar-refractivity contribution >= 4 is 29.1 Å². The number of nitrogens with zero attached hydrogens (tertiary/aromatic N) is 2. The van der Waals surface area contributed by atoms with E-state index in [1.807, 2.05) is 19.9 Å². The van der Waals surface area contributed by atoms with E-state index in [0.717, 1.165) is 42.0 Å². The summed E-state index contributed by atoms with van der Waals surface area (Å²) in [4.78, 5) is 17.5. The number of hydrogen-bond acceptors (Lipinski definition) is 3. The fourth-order valence-electron chi connectivity index (χ4n) is 3.45. The number of nitrogens with one attached hydrogen (secondary N) is 1. The molecule has 1 aliphatic rings. The number of hydrogen-bond donors (Lipinski definition) is 1. The van der Waals surface area contributed by atoms with Gasteiger partial charge in [-0.1, -0.05) is 23.2 Å². The lowest BCUT2D eigenvalue weighted by Crippen LogP contribution is -2.26. The Morgan fingerprint density at radius 1 is 1.21 bits per heavy atom. The summed E-state index contributed by atoms with van der Waals surface area (Å²) in [5, 5.41) is 1.05. The van der Waals surface area contributed by atoms with Crippen molar-refractivity contribution in [3.63, 3.8) is 0 Å². The van der Waals surface area contributed by atoms with Gasteiger partial charge in [0.2, 0.25) is 0 Å². The maximum absolute atomic E-state index is 13.0. The summed E-state index contributed by atoms with van der Waals surface area (Å²) in [6, 6.07) is 8.82. The predicted octanol–water partition coefficient (Wildman–Crippen LogP) is 5.18. The van der Waals surface area contributed by atoms with Crippen molar-refractivity contribution in [2.24, 2.45) is 0 Å². The third-order valence-electron chi connectivity index (χ3n) is 4.95. The van der Waals surface area contributed by atoms with Crippen molar-refractivity contribution in [1.29, 1.82) is 0 Å². The molecule has 0 bridgehead atoms. The first kappa shape index (κ1) is 18.8. The van der Waals surface area contributed by atoms with Gasteiger partial charge in [-0.3, -0.25) is 10.2 Å². The number of halogens is 2. The normalized spacial score (nSPS) is 13.0. The van der Waals surface area contributed by atoms with E-state index < -0.39 is 0 Å². The van der Waals surface area contributed by atoms with E-state index in [9.17, 15) is 4.79 Å². The van der Waals surface area contributed by atoms with Gasteiger partial charge in [0, 0.05) is 16.1 Å². The van der Waals surface area contributed by atoms with Crippen LogP contribution in [-0.4, -0.2) is 22.2 Å². The number of carbonyl (C=O) groups excluding carboxylic acids is 1. The SMILES string of the molecule is Cc1c(C(=O)Nn2c(C)cnc2-c2cc(Cl)ccc2Cl)ccc2c1CCCO2. The van der Waals surface area contributed by atoms with Gasteiger partial charge in [0.05, 0.1) is 23.5 Å². The molecule has 5 nitrogen and oxygen atoms in total. The first-order chi connectivity index (χ1) is 13.5. The number of fused-ring (bicyclic) bond motifs is 1. The smallest absolute Gasteiger partial charge is 0.270 e. The van der Waals surface area contributed by atoms with E-state index in [1.165, 1.54) is 0 Å². The van der Waals surface area contributed by atoms with Crippen LogP contribution in [0.2, 0.25) is 10.0 Å². The first-order valence-electron chi connectivity index (χ1n) is 9.02. The molecule has 0 saturated heterocycles. The molecule has 0 saturated carbocycles. The van der Waals surface area contributed by atoms with Gasteiger partial charge < -0.3 is 4.74 Å². The van der Waals surface area contributed by atoms with Crippen molar-refractivity contribution in [2.75, 3.05) is 12.0 Å². The summed E-state index contributed by atoms with van der Waals surface area (Å²) in [5.74, 6) is 1.18. The summed E-state index contributed by atoms with van der Waals surface area (Å²) in [6.07, 6.45) is 3.55. The summed E-state index contributed by atoms with van der Waals surface area (Å²) in [6.45, 7) is 4.54. The third-order valence-corrected chi connectivity index (χ3v) is 5.51. The van der Waals surface area contributed by atoms with Crippen LogP contribution < -0.4 is 10.2 Å². The molecule has 0 unspecified atom stereocenters. The minimum Gasteiger partial charge on any atom is -0.493 e. The number of benzene rings is 2. The molecular weight excluding hydrogens is 397 g/mol. The second-order valence-corrected chi connectivity index (χ2v) is 7.63. The number of imidazole rings is 1. The van der Waals surface area contributed by atoms with Crippen LogP contribution in [0.5, 0.6) is 5.75 Å². The predicted molar refractivity (Wildman–Crippen MR) is 111 cm³/mol. The highest BCUT2D eigenvalue weighted by Crippen LogP contribution is 2.31. The molecule has 0 radical (unpaired) electrons. The van der Waals surface area contributed by atoms with Crippen molar-refractivity contribution in [3.05, 3.63) is 69.0 Å². The molecule has 28 heavy (non-hydrogen) atoms. The number of carbonyl (C=O) groups is 1. The lowest BCUT2D eigenvalue weighted by atomic mass is 9.96. The number of amides is 1. The van der Waals surface area contributed by atoms with Gasteiger partial charge in [0.15, 0.2) is 5.82 Å². The van der Waals surface area contributed by atoms with Gasteiger partial charge in [0.25, 0.3) is 5.91 Å². The number of aromatic nitrogens is 2. The Balaban J connectivity index is 1.70. The monoisotopic (exact) mass is 415 g/mol. The quantitative estimate of drug-likeness (QED) is 0.640. The highest BCUT2D eigenvalue weighted by molar-refractivity contribution is 6.35. The topological polar surface area (TPSA) is 56.2 Å². The summed E-state index contributed by atoms with van der Waals surface area (Å²) < 4.78 is 7.33. The second kappa shape index (κ2) is 7.49. The Morgan fingerprint density at radius 2 is 2.04 bits per heavy atom. The molecule has 0 fully saturated rings. The van der Waals surface area contributed by atoms with E-state index in [0.29, 0.717) is 27.0 Å². The molecule has 1 N–H and O–H groups in total. The summed E-state index contributed by atoms with van der Waals surface area (Å²) >= 11 is 12.5. The van der Waals surface area contributed by atoms with E-state index >= 15 is 0 Å². The van der Waals surface area contributed by atoms with Gasteiger partial charge >= 0.3 is 0 Å². The lowest BCUT2D eigenvalue weighted by Gasteiger charge is -2.21. The molecule has 1 aliphatic heterocycles. The largest absolute Gasteiger partial charge is 0.493 e. The molecule has 144 valence electrons. The molecule has 1 aromatic heterocycles. The molecule has 1 amide bonds. The van der Waals surface area contributed by atoms with E-state index in [4.69, 9.17) is 27.9 Å². The average molecular weight is 416 g/mol. The lowest BCUT2D eigenvalue weighted by molar-refractivity contribution is 0.101. The maximum atomic E-state index is 13.0. The van der Waals surface area contributed by atoms with Gasteiger partial charge in [-0.25, -0.2) is 9.66 Å². The number of rotatable bonds is 3. The van der Waals surface area contributed by atoms with Crippen LogP contribution in [0, 0.1) is 13.8 Å². The molecule has 2 aromatic carbocycles. The standard InChI is InChI=1S/C21H19Cl2N3O2/c1-12-11-24-20(17-10-14(22)5-7-18(17)23)26(12)25-21(27)16-6-8-19-15(13(16)2)4-3-9-28-19/h5-8,10-11H,3-4,9H2,1-2H3,(H,25,27). The second-order valence-electron chi connectivity index (χ2n) is 6.79. The Labute approximate surface area is 173 Å². The average Bonchev–Trinajstić information content (AvgIpc) is 3.04. The van der Waals surface area contributed by atoms with Crippen LogP contribution >= 0.6 is 23.2 Å². The van der Waals surface area contributed by atoms with Gasteiger partial charge in [-0.2, -0.15) is 0 Å². The zero-order valence-corrected chi connectivity index (χ0v) is 17.1. The zero-order valence-electron chi connectivity index (χ0n) is 15.6. The first-order valence-corrected chi connectivity index (χ1v) is 9.77. The van der Waals surface area contributed by atoms with Crippen molar-refractivity contribution in [2.45, 2.75) is 26.7 Å². The van der Waals surface area contributed by atoms with Crippen LogP contribution in [-0.2, 0) is 6.42 Å². The van der Waals surface area contributed by atoms with Gasteiger partial charge in [0.1, 0.15) is 5.75 Å². The van der Waals surface area contributed by atoms with E-state index in [1.54, 1.807) is 35.1 Å². The van der Waals surface area contributed by atoms with Crippen LogP contribution in [0.25, 0.3) is 11.4 Å². The Hall–Kier alpha value is -2.50. The Kier molecular flexibility index (Phi) is 5.04. The minimum absolute atomic E-state index is 0.216. The van der Waals surface area contributed by atoms with Crippen LogP contribution in [0.1, 0.15) is 33.6 Å². The van der Waals surface area contributed by atoms with Crippen molar-refractivity contribution in [1.82, 2.24) is 9.66 Å². The Bertz CT molecular complexity index is 1080. The molecule has 7 heteroatoms. The fraction of sp³-hybridized carbons (Fsp3) is 0.238. The maximum Gasteiger partial charge on any atom is 0.270 e. The Morgan fingerprint density at radius 3 is 2.86 bits per heavy atom. The zero-order chi connectivity index (χ0) is 19.8. The molecule has 0 aliphatic carbocycles. The third kappa shape index (κ3) is 3.36. The highest BCUT2D eigenvalue weighted by Gasteiger charge is 2.20. The number of ether oxygens (including phenoxy) is 1.